The second kappa shape index (κ2) is 7.40. The van der Waals surface area contributed by atoms with Crippen LogP contribution >= 0.6 is 0 Å². The van der Waals surface area contributed by atoms with Gasteiger partial charge >= 0.3 is 0 Å². The van der Waals surface area contributed by atoms with Crippen molar-refractivity contribution < 1.29 is 9.21 Å². The summed E-state index contributed by atoms with van der Waals surface area (Å²) in [6.45, 7) is 5.71. The number of carbonyl (C=O) groups is 1. The Hall–Kier alpha value is -3.66. The molecule has 0 saturated heterocycles. The Kier molecular flexibility index (Phi) is 4.77. The molecule has 4 nitrogen and oxygen atoms in total. The van der Waals surface area contributed by atoms with Crippen molar-refractivity contribution in [2.24, 2.45) is 0 Å². The molecule has 0 spiro atoms. The molecule has 0 aliphatic carbocycles. The van der Waals surface area contributed by atoms with Crippen LogP contribution in [0.15, 0.2) is 75.9 Å². The summed E-state index contributed by atoms with van der Waals surface area (Å²) in [6.07, 6.45) is 0. The summed E-state index contributed by atoms with van der Waals surface area (Å²) in [4.78, 5) is 26.3. The Labute approximate surface area is 168 Å². The molecule has 3 aromatic carbocycles. The first kappa shape index (κ1) is 18.7. The minimum absolute atomic E-state index is 0.163. The van der Waals surface area contributed by atoms with Gasteiger partial charge in [0.05, 0.1) is 10.9 Å². The summed E-state index contributed by atoms with van der Waals surface area (Å²) < 4.78 is 6.10. The van der Waals surface area contributed by atoms with E-state index in [9.17, 15) is 9.59 Å². The van der Waals surface area contributed by atoms with Crippen molar-refractivity contribution >= 4 is 22.8 Å². The molecule has 0 saturated carbocycles. The molecule has 0 fully saturated rings. The van der Waals surface area contributed by atoms with Gasteiger partial charge in [-0.2, -0.15) is 0 Å². The quantitative estimate of drug-likeness (QED) is 0.498. The van der Waals surface area contributed by atoms with Gasteiger partial charge < -0.3 is 4.42 Å². The molecule has 0 aliphatic heterocycles. The molecule has 1 heterocycles. The minimum Gasteiger partial charge on any atom is -0.439 e. The summed E-state index contributed by atoms with van der Waals surface area (Å²) in [6, 6.07) is 20.4. The molecule has 0 bridgehead atoms. The van der Waals surface area contributed by atoms with E-state index >= 15 is 0 Å². The van der Waals surface area contributed by atoms with Gasteiger partial charge in [-0.3, -0.25) is 14.9 Å². The smallest absolute Gasteiger partial charge is 0.258 e. The maximum absolute atomic E-state index is 13.4. The third-order valence-corrected chi connectivity index (χ3v) is 5.04. The SMILES string of the molecule is Cc1cccc(-c2c(NC(=O)c3ccccc3C)oc3c(C)cccc3c2=O)c1. The second-order valence-electron chi connectivity index (χ2n) is 7.23. The third-order valence-electron chi connectivity index (χ3n) is 5.04. The predicted octanol–water partition coefficient (Wildman–Crippen LogP) is 5.64. The van der Waals surface area contributed by atoms with Crippen LogP contribution in [0, 0.1) is 20.8 Å². The first-order valence-corrected chi connectivity index (χ1v) is 9.46. The second-order valence-corrected chi connectivity index (χ2v) is 7.23. The largest absolute Gasteiger partial charge is 0.439 e. The van der Waals surface area contributed by atoms with Crippen LogP contribution in [0.3, 0.4) is 0 Å². The molecule has 4 heteroatoms. The average molecular weight is 383 g/mol. The van der Waals surface area contributed by atoms with Gasteiger partial charge in [0.2, 0.25) is 11.3 Å². The number of anilines is 1. The highest BCUT2D eigenvalue weighted by Gasteiger charge is 2.20. The van der Waals surface area contributed by atoms with E-state index in [1.165, 1.54) is 0 Å². The van der Waals surface area contributed by atoms with E-state index in [-0.39, 0.29) is 17.2 Å². The van der Waals surface area contributed by atoms with Crippen LogP contribution in [0.5, 0.6) is 0 Å². The molecule has 1 amide bonds. The fourth-order valence-corrected chi connectivity index (χ4v) is 3.51. The summed E-state index contributed by atoms with van der Waals surface area (Å²) in [5, 5.41) is 3.34. The van der Waals surface area contributed by atoms with Crippen LogP contribution in [0.4, 0.5) is 5.88 Å². The normalized spacial score (nSPS) is 10.9. The van der Waals surface area contributed by atoms with Gasteiger partial charge in [0.15, 0.2) is 0 Å². The average Bonchev–Trinajstić information content (AvgIpc) is 2.69. The number of para-hydroxylation sites is 1. The number of fused-ring (bicyclic) bond motifs is 1. The highest BCUT2D eigenvalue weighted by Crippen LogP contribution is 2.31. The highest BCUT2D eigenvalue weighted by atomic mass is 16.4. The zero-order chi connectivity index (χ0) is 20.5. The number of benzene rings is 3. The van der Waals surface area contributed by atoms with Crippen LogP contribution in [0.2, 0.25) is 0 Å². The van der Waals surface area contributed by atoms with Crippen molar-refractivity contribution in [1.82, 2.24) is 0 Å². The molecule has 4 rings (SSSR count). The van der Waals surface area contributed by atoms with E-state index in [0.717, 1.165) is 16.7 Å². The summed E-state index contributed by atoms with van der Waals surface area (Å²) >= 11 is 0. The lowest BCUT2D eigenvalue weighted by atomic mass is 10.0. The molecule has 4 aromatic rings. The van der Waals surface area contributed by atoms with Gasteiger partial charge in [0.25, 0.3) is 5.91 Å². The van der Waals surface area contributed by atoms with Crippen molar-refractivity contribution in [2.75, 3.05) is 5.32 Å². The maximum atomic E-state index is 13.4. The van der Waals surface area contributed by atoms with Crippen molar-refractivity contribution in [3.05, 3.63) is 99.2 Å². The van der Waals surface area contributed by atoms with Crippen LogP contribution in [-0.2, 0) is 0 Å². The lowest BCUT2D eigenvalue weighted by Gasteiger charge is -2.13. The van der Waals surface area contributed by atoms with E-state index in [0.29, 0.717) is 27.7 Å². The number of nitrogens with one attached hydrogen (secondary N) is 1. The Balaban J connectivity index is 1.95. The van der Waals surface area contributed by atoms with E-state index < -0.39 is 0 Å². The van der Waals surface area contributed by atoms with Crippen LogP contribution in [-0.4, -0.2) is 5.91 Å². The number of hydrogen-bond donors (Lipinski definition) is 1. The molecular weight excluding hydrogens is 362 g/mol. The zero-order valence-corrected chi connectivity index (χ0v) is 16.6. The monoisotopic (exact) mass is 383 g/mol. The molecular formula is C25H21NO3. The maximum Gasteiger partial charge on any atom is 0.258 e. The zero-order valence-electron chi connectivity index (χ0n) is 16.6. The van der Waals surface area contributed by atoms with Gasteiger partial charge in [0, 0.05) is 5.56 Å². The van der Waals surface area contributed by atoms with Gasteiger partial charge in [0.1, 0.15) is 5.58 Å². The van der Waals surface area contributed by atoms with Crippen molar-refractivity contribution in [1.29, 1.82) is 0 Å². The molecule has 1 N–H and O–H groups in total. The molecule has 0 unspecified atom stereocenters. The number of rotatable bonds is 3. The topological polar surface area (TPSA) is 59.3 Å². The Bertz CT molecular complexity index is 1300. The first-order chi connectivity index (χ1) is 14.0. The first-order valence-electron chi connectivity index (χ1n) is 9.46. The Morgan fingerprint density at radius 3 is 2.34 bits per heavy atom. The van der Waals surface area contributed by atoms with Crippen LogP contribution in [0.25, 0.3) is 22.1 Å². The van der Waals surface area contributed by atoms with Crippen LogP contribution in [0.1, 0.15) is 27.0 Å². The van der Waals surface area contributed by atoms with Gasteiger partial charge in [-0.25, -0.2) is 0 Å². The summed E-state index contributed by atoms with van der Waals surface area (Å²) in [5.74, 6) is -0.149. The predicted molar refractivity (Wildman–Crippen MR) is 117 cm³/mol. The summed E-state index contributed by atoms with van der Waals surface area (Å²) in [7, 11) is 0. The number of amides is 1. The van der Waals surface area contributed by atoms with E-state index in [1.54, 1.807) is 12.1 Å². The van der Waals surface area contributed by atoms with E-state index in [4.69, 9.17) is 4.42 Å². The Morgan fingerprint density at radius 2 is 1.59 bits per heavy atom. The highest BCUT2D eigenvalue weighted by molar-refractivity contribution is 6.06. The number of aryl methyl sites for hydroxylation is 3. The molecule has 29 heavy (non-hydrogen) atoms. The number of carbonyl (C=O) groups excluding carboxylic acids is 1. The van der Waals surface area contributed by atoms with Crippen LogP contribution < -0.4 is 10.7 Å². The summed E-state index contributed by atoms with van der Waals surface area (Å²) in [5.41, 5.74) is 4.62. The molecule has 1 aromatic heterocycles. The Morgan fingerprint density at radius 1 is 0.862 bits per heavy atom. The third kappa shape index (κ3) is 3.45. The van der Waals surface area contributed by atoms with Gasteiger partial charge in [-0.05, 0) is 49.6 Å². The lowest BCUT2D eigenvalue weighted by molar-refractivity contribution is 0.102. The minimum atomic E-state index is -0.312. The molecule has 0 aliphatic rings. The molecule has 0 atom stereocenters. The van der Waals surface area contributed by atoms with Gasteiger partial charge in [-0.15, -0.1) is 0 Å². The fourth-order valence-electron chi connectivity index (χ4n) is 3.51. The molecule has 144 valence electrons. The van der Waals surface area contributed by atoms with E-state index in [1.807, 2.05) is 75.4 Å². The molecule has 0 radical (unpaired) electrons. The fraction of sp³-hybridized carbons (Fsp3) is 0.120. The van der Waals surface area contributed by atoms with Crippen molar-refractivity contribution in [3.8, 4) is 11.1 Å². The van der Waals surface area contributed by atoms with E-state index in [2.05, 4.69) is 5.32 Å². The van der Waals surface area contributed by atoms with Crippen molar-refractivity contribution in [3.63, 3.8) is 0 Å². The van der Waals surface area contributed by atoms with Gasteiger partial charge in [-0.1, -0.05) is 60.2 Å². The lowest BCUT2D eigenvalue weighted by Crippen LogP contribution is -2.17. The standard InChI is InChI=1S/C25H21NO3/c1-15-8-6-11-18(14-15)21-22(27)20-13-7-10-17(3)23(20)29-25(21)26-24(28)19-12-5-4-9-16(19)2/h4-14H,1-3H3,(H,26,28). The van der Waals surface area contributed by atoms with Crippen molar-refractivity contribution in [2.45, 2.75) is 20.8 Å². The number of hydrogen-bond acceptors (Lipinski definition) is 3.